The molecule has 3 aromatic rings. The number of alkyl halides is 2. The standard InChI is InChI=1S/C18H17F2N5OS/c19-17(20)12-24-10-15(7-21-24)27-25-9-14-8-23(11-16(14)22-25)18(26)6-13-4-2-1-3-5-13/h1-5,7,9-10,17H,6,8,11-12H2. The van der Waals surface area contributed by atoms with Gasteiger partial charge < -0.3 is 4.90 Å². The van der Waals surface area contributed by atoms with Crippen molar-refractivity contribution in [3.63, 3.8) is 0 Å². The van der Waals surface area contributed by atoms with Crippen LogP contribution in [-0.2, 0) is 30.8 Å². The zero-order valence-corrected chi connectivity index (χ0v) is 15.1. The highest BCUT2D eigenvalue weighted by atomic mass is 32.2. The molecule has 27 heavy (non-hydrogen) atoms. The van der Waals surface area contributed by atoms with E-state index in [1.165, 1.54) is 22.8 Å². The van der Waals surface area contributed by atoms with E-state index in [2.05, 4.69) is 10.2 Å². The van der Waals surface area contributed by atoms with Gasteiger partial charge >= 0.3 is 0 Å². The van der Waals surface area contributed by atoms with E-state index in [4.69, 9.17) is 0 Å². The third kappa shape index (κ3) is 4.19. The first-order valence-electron chi connectivity index (χ1n) is 8.45. The van der Waals surface area contributed by atoms with Crippen LogP contribution in [0.5, 0.6) is 0 Å². The van der Waals surface area contributed by atoms with Crippen molar-refractivity contribution in [2.24, 2.45) is 0 Å². The van der Waals surface area contributed by atoms with Gasteiger partial charge in [-0.05, 0) is 5.56 Å². The Bertz CT molecular complexity index is 917. The molecule has 3 heterocycles. The van der Waals surface area contributed by atoms with Crippen LogP contribution in [0.3, 0.4) is 0 Å². The van der Waals surface area contributed by atoms with Gasteiger partial charge in [0.1, 0.15) is 6.54 Å². The summed E-state index contributed by atoms with van der Waals surface area (Å²) in [6.45, 7) is 0.597. The molecule has 1 amide bonds. The number of fused-ring (bicyclic) bond motifs is 1. The van der Waals surface area contributed by atoms with Crippen LogP contribution in [0.25, 0.3) is 0 Å². The smallest absolute Gasteiger partial charge is 0.257 e. The molecular weight excluding hydrogens is 372 g/mol. The molecule has 0 atom stereocenters. The summed E-state index contributed by atoms with van der Waals surface area (Å²) in [4.78, 5) is 15.0. The molecule has 4 rings (SSSR count). The van der Waals surface area contributed by atoms with Crippen LogP contribution in [0.2, 0.25) is 0 Å². The van der Waals surface area contributed by atoms with Gasteiger partial charge in [-0.15, -0.1) is 0 Å². The Morgan fingerprint density at radius 2 is 2.00 bits per heavy atom. The highest BCUT2D eigenvalue weighted by Crippen LogP contribution is 2.26. The summed E-state index contributed by atoms with van der Waals surface area (Å²) in [6.07, 6.45) is 2.92. The Morgan fingerprint density at radius 1 is 1.19 bits per heavy atom. The minimum atomic E-state index is -2.43. The number of amides is 1. The lowest BCUT2D eigenvalue weighted by atomic mass is 10.1. The van der Waals surface area contributed by atoms with E-state index >= 15 is 0 Å². The summed E-state index contributed by atoms with van der Waals surface area (Å²) in [6, 6.07) is 9.66. The van der Waals surface area contributed by atoms with E-state index in [1.54, 1.807) is 15.2 Å². The van der Waals surface area contributed by atoms with E-state index in [9.17, 15) is 13.6 Å². The quantitative estimate of drug-likeness (QED) is 0.650. The molecule has 0 saturated heterocycles. The minimum absolute atomic E-state index is 0.0756. The zero-order valence-electron chi connectivity index (χ0n) is 14.3. The van der Waals surface area contributed by atoms with E-state index < -0.39 is 13.0 Å². The second kappa shape index (κ2) is 7.51. The van der Waals surface area contributed by atoms with Crippen molar-refractivity contribution < 1.29 is 13.6 Å². The maximum atomic E-state index is 12.5. The maximum Gasteiger partial charge on any atom is 0.257 e. The second-order valence-electron chi connectivity index (χ2n) is 6.30. The first-order chi connectivity index (χ1) is 13.1. The molecule has 0 unspecified atom stereocenters. The second-order valence-corrected chi connectivity index (χ2v) is 7.32. The molecule has 9 heteroatoms. The highest BCUT2D eigenvalue weighted by molar-refractivity contribution is 7.97. The number of hydrogen-bond acceptors (Lipinski definition) is 4. The fourth-order valence-corrected chi connectivity index (χ4v) is 3.77. The van der Waals surface area contributed by atoms with Crippen LogP contribution < -0.4 is 0 Å². The summed E-state index contributed by atoms with van der Waals surface area (Å²) in [5.74, 6) is 0.0756. The van der Waals surface area contributed by atoms with Crippen molar-refractivity contribution in [3.05, 3.63) is 65.7 Å². The number of halogens is 2. The topological polar surface area (TPSA) is 56.0 Å². The molecule has 0 bridgehead atoms. The third-order valence-electron chi connectivity index (χ3n) is 4.24. The van der Waals surface area contributed by atoms with Gasteiger partial charge in [0, 0.05) is 36.4 Å². The van der Waals surface area contributed by atoms with Gasteiger partial charge in [-0.25, -0.2) is 12.9 Å². The van der Waals surface area contributed by atoms with Gasteiger partial charge in [-0.3, -0.25) is 9.48 Å². The summed E-state index contributed by atoms with van der Waals surface area (Å²) >= 11 is 1.31. The van der Waals surface area contributed by atoms with Crippen LogP contribution in [0.4, 0.5) is 8.78 Å². The molecule has 1 aliphatic heterocycles. The Labute approximate surface area is 158 Å². The monoisotopic (exact) mass is 389 g/mol. The van der Waals surface area contributed by atoms with Crippen molar-refractivity contribution in [2.45, 2.75) is 37.4 Å². The lowest BCUT2D eigenvalue weighted by Crippen LogP contribution is -2.27. The maximum absolute atomic E-state index is 12.5. The number of nitrogens with zero attached hydrogens (tertiary/aromatic N) is 5. The fourth-order valence-electron chi connectivity index (χ4n) is 2.97. The molecule has 0 spiro atoms. The average Bonchev–Trinajstić information content (AvgIpc) is 3.30. The summed E-state index contributed by atoms with van der Waals surface area (Å²) < 4.78 is 27.7. The number of carbonyl (C=O) groups is 1. The number of hydrogen-bond donors (Lipinski definition) is 0. The van der Waals surface area contributed by atoms with Crippen LogP contribution in [0.1, 0.15) is 16.8 Å². The molecule has 2 aromatic heterocycles. The average molecular weight is 389 g/mol. The molecule has 1 aromatic carbocycles. The summed E-state index contributed by atoms with van der Waals surface area (Å²) in [5, 5.41) is 8.41. The minimum Gasteiger partial charge on any atom is -0.332 e. The molecule has 0 radical (unpaired) electrons. The predicted octanol–water partition coefficient (Wildman–Crippen LogP) is 2.99. The molecular formula is C18H17F2N5OS. The Morgan fingerprint density at radius 3 is 2.74 bits per heavy atom. The molecule has 140 valence electrons. The van der Waals surface area contributed by atoms with Gasteiger partial charge in [0.25, 0.3) is 6.43 Å². The van der Waals surface area contributed by atoms with Crippen molar-refractivity contribution in [1.82, 2.24) is 23.9 Å². The largest absolute Gasteiger partial charge is 0.332 e. The van der Waals surface area contributed by atoms with Crippen molar-refractivity contribution in [1.29, 1.82) is 0 Å². The van der Waals surface area contributed by atoms with Crippen molar-refractivity contribution >= 4 is 17.9 Å². The molecule has 0 N–H and O–H groups in total. The first-order valence-corrected chi connectivity index (χ1v) is 9.22. The molecule has 1 aliphatic rings. The van der Waals surface area contributed by atoms with E-state index in [0.29, 0.717) is 19.5 Å². The van der Waals surface area contributed by atoms with Gasteiger partial charge in [-0.1, -0.05) is 30.3 Å². The van der Waals surface area contributed by atoms with Crippen LogP contribution in [0, 0.1) is 0 Å². The molecule has 0 aliphatic carbocycles. The van der Waals surface area contributed by atoms with Crippen LogP contribution in [0.15, 0.2) is 53.8 Å². The summed E-state index contributed by atoms with van der Waals surface area (Å²) in [5.41, 5.74) is 2.86. The van der Waals surface area contributed by atoms with Crippen molar-refractivity contribution in [3.8, 4) is 0 Å². The Kier molecular flexibility index (Phi) is 4.93. The van der Waals surface area contributed by atoms with Crippen LogP contribution >= 0.6 is 11.9 Å². The lowest BCUT2D eigenvalue weighted by Gasteiger charge is -2.15. The highest BCUT2D eigenvalue weighted by Gasteiger charge is 2.26. The van der Waals surface area contributed by atoms with Crippen molar-refractivity contribution in [2.75, 3.05) is 0 Å². The lowest BCUT2D eigenvalue weighted by molar-refractivity contribution is -0.131. The number of carbonyl (C=O) groups excluding carboxylic acids is 1. The van der Waals surface area contributed by atoms with Gasteiger partial charge in [0.05, 0.1) is 29.8 Å². The predicted molar refractivity (Wildman–Crippen MR) is 96.1 cm³/mol. The first kappa shape index (κ1) is 17.7. The van der Waals surface area contributed by atoms with E-state index in [1.807, 2.05) is 36.5 Å². The van der Waals surface area contributed by atoms with Gasteiger partial charge in [0.2, 0.25) is 5.91 Å². The zero-order chi connectivity index (χ0) is 18.8. The molecule has 0 saturated carbocycles. The third-order valence-corrected chi connectivity index (χ3v) is 5.04. The summed E-state index contributed by atoms with van der Waals surface area (Å²) in [7, 11) is 0. The number of rotatable bonds is 6. The van der Waals surface area contributed by atoms with E-state index in [-0.39, 0.29) is 5.91 Å². The van der Waals surface area contributed by atoms with Crippen LogP contribution in [-0.4, -0.2) is 36.2 Å². The van der Waals surface area contributed by atoms with E-state index in [0.717, 1.165) is 21.7 Å². The van der Waals surface area contributed by atoms with Gasteiger partial charge in [0.15, 0.2) is 0 Å². The normalized spacial score (nSPS) is 13.4. The molecule has 6 nitrogen and oxygen atoms in total. The number of aromatic nitrogens is 4. The van der Waals surface area contributed by atoms with Gasteiger partial charge in [-0.2, -0.15) is 10.2 Å². The fraction of sp³-hybridized carbons (Fsp3) is 0.278. The SMILES string of the molecule is O=C(Cc1ccccc1)N1Cc2cn(Sc3cnn(CC(F)F)c3)nc2C1. The Hall–Kier alpha value is -2.68. The Balaban J connectivity index is 1.36. The molecule has 0 fully saturated rings. The number of benzene rings is 1.